The molecular formula is C14H14N2OS. The standard InChI is InChI=1S/C14H14N2OS/c15-7-11-2-1-9(8-16-11)14(17)10-5-12-3-4-13(6-10)18-12/h1-2,8,10,12-13H,3-6H2. The molecule has 0 radical (unpaired) electrons. The fraction of sp³-hybridized carbons (Fsp3) is 0.500. The van der Waals surface area contributed by atoms with Crippen molar-refractivity contribution in [2.75, 3.05) is 0 Å². The van der Waals surface area contributed by atoms with Crippen LogP contribution in [0.3, 0.4) is 0 Å². The Hall–Kier alpha value is -1.34. The van der Waals surface area contributed by atoms with Gasteiger partial charge in [0.15, 0.2) is 5.78 Å². The van der Waals surface area contributed by atoms with E-state index in [4.69, 9.17) is 5.26 Å². The van der Waals surface area contributed by atoms with Crippen LogP contribution >= 0.6 is 11.8 Å². The number of hydrogen-bond donors (Lipinski definition) is 0. The third-order valence-electron chi connectivity index (χ3n) is 3.82. The SMILES string of the molecule is N#Cc1ccc(C(=O)C2CC3CCC(C2)S3)cn1. The fourth-order valence-corrected chi connectivity index (χ4v) is 4.69. The molecular weight excluding hydrogens is 244 g/mol. The molecule has 2 fully saturated rings. The number of carbonyl (C=O) groups excluding carboxylic acids is 1. The minimum absolute atomic E-state index is 0.165. The second kappa shape index (κ2) is 4.74. The molecule has 3 heterocycles. The van der Waals surface area contributed by atoms with Gasteiger partial charge in [0.1, 0.15) is 11.8 Å². The fourth-order valence-electron chi connectivity index (χ4n) is 2.91. The predicted octanol–water partition coefficient (Wildman–Crippen LogP) is 2.81. The van der Waals surface area contributed by atoms with Gasteiger partial charge in [-0.1, -0.05) is 0 Å². The third kappa shape index (κ3) is 2.15. The summed E-state index contributed by atoms with van der Waals surface area (Å²) in [5.41, 5.74) is 1.02. The Morgan fingerprint density at radius 2 is 2.06 bits per heavy atom. The van der Waals surface area contributed by atoms with E-state index >= 15 is 0 Å². The molecule has 0 saturated carbocycles. The first-order valence-electron chi connectivity index (χ1n) is 6.32. The molecule has 92 valence electrons. The third-order valence-corrected chi connectivity index (χ3v) is 5.45. The number of nitriles is 1. The minimum atomic E-state index is 0.165. The molecule has 2 saturated heterocycles. The maximum absolute atomic E-state index is 12.4. The molecule has 0 amide bonds. The van der Waals surface area contributed by atoms with Crippen LogP contribution in [0.2, 0.25) is 0 Å². The Morgan fingerprint density at radius 1 is 1.33 bits per heavy atom. The topological polar surface area (TPSA) is 53.8 Å². The Bertz CT molecular complexity index is 494. The van der Waals surface area contributed by atoms with Gasteiger partial charge in [-0.05, 0) is 37.8 Å². The van der Waals surface area contributed by atoms with Crippen LogP contribution in [0.5, 0.6) is 0 Å². The highest BCUT2D eigenvalue weighted by Crippen LogP contribution is 2.46. The van der Waals surface area contributed by atoms with Gasteiger partial charge in [-0.15, -0.1) is 0 Å². The second-order valence-electron chi connectivity index (χ2n) is 5.03. The van der Waals surface area contributed by atoms with Crippen LogP contribution in [0.15, 0.2) is 18.3 Å². The Labute approximate surface area is 111 Å². The van der Waals surface area contributed by atoms with Gasteiger partial charge in [-0.3, -0.25) is 4.79 Å². The maximum atomic E-state index is 12.4. The quantitative estimate of drug-likeness (QED) is 0.765. The molecule has 1 aromatic heterocycles. The van der Waals surface area contributed by atoms with Gasteiger partial charge < -0.3 is 0 Å². The van der Waals surface area contributed by atoms with E-state index in [-0.39, 0.29) is 11.7 Å². The van der Waals surface area contributed by atoms with Crippen LogP contribution in [0, 0.1) is 17.2 Å². The molecule has 2 atom stereocenters. The van der Waals surface area contributed by atoms with E-state index in [1.54, 1.807) is 18.3 Å². The summed E-state index contributed by atoms with van der Waals surface area (Å²) in [5.74, 6) is 0.377. The first-order chi connectivity index (χ1) is 8.76. The van der Waals surface area contributed by atoms with E-state index < -0.39 is 0 Å². The zero-order chi connectivity index (χ0) is 12.5. The van der Waals surface area contributed by atoms with Crippen molar-refractivity contribution in [2.45, 2.75) is 36.2 Å². The number of fused-ring (bicyclic) bond motifs is 2. The number of hydrogen-bond acceptors (Lipinski definition) is 4. The molecule has 18 heavy (non-hydrogen) atoms. The summed E-state index contributed by atoms with van der Waals surface area (Å²) in [6, 6.07) is 5.33. The average molecular weight is 258 g/mol. The number of rotatable bonds is 2. The number of Topliss-reactive ketones (excluding diaryl/α,β-unsaturated/α-hetero) is 1. The predicted molar refractivity (Wildman–Crippen MR) is 70.4 cm³/mol. The van der Waals surface area contributed by atoms with Gasteiger partial charge in [0.05, 0.1) is 0 Å². The highest BCUT2D eigenvalue weighted by atomic mass is 32.2. The second-order valence-corrected chi connectivity index (χ2v) is 6.64. The molecule has 0 aliphatic carbocycles. The van der Waals surface area contributed by atoms with Crippen molar-refractivity contribution in [1.82, 2.24) is 4.98 Å². The number of aromatic nitrogens is 1. The Balaban J connectivity index is 1.76. The number of thioether (sulfide) groups is 1. The summed E-state index contributed by atoms with van der Waals surface area (Å²) >= 11 is 2.06. The minimum Gasteiger partial charge on any atom is -0.294 e. The number of nitrogens with zero attached hydrogens (tertiary/aromatic N) is 2. The van der Waals surface area contributed by atoms with Crippen LogP contribution in [0.25, 0.3) is 0 Å². The normalized spacial score (nSPS) is 29.8. The number of carbonyl (C=O) groups is 1. The van der Waals surface area contributed by atoms with Gasteiger partial charge in [0, 0.05) is 28.2 Å². The lowest BCUT2D eigenvalue weighted by atomic mass is 9.91. The summed E-state index contributed by atoms with van der Waals surface area (Å²) in [4.78, 5) is 16.4. The lowest BCUT2D eigenvalue weighted by Crippen LogP contribution is -2.24. The van der Waals surface area contributed by atoms with Crippen molar-refractivity contribution in [1.29, 1.82) is 5.26 Å². The van der Waals surface area contributed by atoms with Crippen LogP contribution < -0.4 is 0 Å². The van der Waals surface area contributed by atoms with E-state index in [0.717, 1.165) is 12.8 Å². The van der Waals surface area contributed by atoms with Crippen molar-refractivity contribution < 1.29 is 4.79 Å². The zero-order valence-electron chi connectivity index (χ0n) is 10.0. The summed E-state index contributed by atoms with van der Waals surface area (Å²) in [7, 11) is 0. The highest BCUT2D eigenvalue weighted by molar-refractivity contribution is 8.00. The Morgan fingerprint density at radius 3 is 2.61 bits per heavy atom. The van der Waals surface area contributed by atoms with Gasteiger partial charge in [0.2, 0.25) is 0 Å². The summed E-state index contributed by atoms with van der Waals surface area (Å²) in [5, 5.41) is 10.1. The van der Waals surface area contributed by atoms with Crippen molar-refractivity contribution in [2.24, 2.45) is 5.92 Å². The molecule has 2 aliphatic heterocycles. The molecule has 2 bridgehead atoms. The molecule has 3 nitrogen and oxygen atoms in total. The monoisotopic (exact) mass is 258 g/mol. The average Bonchev–Trinajstić information content (AvgIpc) is 2.77. The summed E-state index contributed by atoms with van der Waals surface area (Å²) in [6.07, 6.45) is 6.11. The van der Waals surface area contributed by atoms with Crippen molar-refractivity contribution >= 4 is 17.5 Å². The molecule has 3 rings (SSSR count). The van der Waals surface area contributed by atoms with Crippen LogP contribution in [0.4, 0.5) is 0 Å². The first kappa shape index (κ1) is 11.7. The lowest BCUT2D eigenvalue weighted by molar-refractivity contribution is 0.0906. The molecule has 2 aliphatic rings. The molecule has 2 unspecified atom stereocenters. The van der Waals surface area contributed by atoms with Crippen molar-refractivity contribution in [3.63, 3.8) is 0 Å². The first-order valence-corrected chi connectivity index (χ1v) is 7.26. The molecule has 0 aromatic carbocycles. The van der Waals surface area contributed by atoms with E-state index in [0.29, 0.717) is 21.8 Å². The summed E-state index contributed by atoms with van der Waals surface area (Å²) in [6.45, 7) is 0. The molecule has 4 heteroatoms. The largest absolute Gasteiger partial charge is 0.294 e. The number of ketones is 1. The van der Waals surface area contributed by atoms with E-state index in [2.05, 4.69) is 16.7 Å². The van der Waals surface area contributed by atoms with Crippen LogP contribution in [-0.4, -0.2) is 21.3 Å². The van der Waals surface area contributed by atoms with Crippen LogP contribution in [-0.2, 0) is 0 Å². The van der Waals surface area contributed by atoms with Gasteiger partial charge >= 0.3 is 0 Å². The van der Waals surface area contributed by atoms with E-state index in [1.807, 2.05) is 6.07 Å². The van der Waals surface area contributed by atoms with E-state index in [9.17, 15) is 4.79 Å². The smallest absolute Gasteiger partial charge is 0.167 e. The number of pyridine rings is 1. The zero-order valence-corrected chi connectivity index (χ0v) is 10.8. The molecule has 0 spiro atoms. The van der Waals surface area contributed by atoms with Crippen molar-refractivity contribution in [3.8, 4) is 6.07 Å². The van der Waals surface area contributed by atoms with E-state index in [1.165, 1.54) is 12.8 Å². The molecule has 0 N–H and O–H groups in total. The maximum Gasteiger partial charge on any atom is 0.167 e. The Kier molecular flexibility index (Phi) is 3.09. The molecule has 1 aromatic rings. The highest BCUT2D eigenvalue weighted by Gasteiger charge is 2.37. The van der Waals surface area contributed by atoms with Gasteiger partial charge in [0.25, 0.3) is 0 Å². The van der Waals surface area contributed by atoms with Gasteiger partial charge in [-0.25, -0.2) is 4.98 Å². The van der Waals surface area contributed by atoms with Crippen LogP contribution in [0.1, 0.15) is 41.7 Å². The lowest BCUT2D eigenvalue weighted by Gasteiger charge is -2.26. The van der Waals surface area contributed by atoms with Crippen molar-refractivity contribution in [3.05, 3.63) is 29.6 Å². The van der Waals surface area contributed by atoms with Gasteiger partial charge in [-0.2, -0.15) is 17.0 Å². The summed E-state index contributed by atoms with van der Waals surface area (Å²) < 4.78 is 0.